The van der Waals surface area contributed by atoms with Gasteiger partial charge in [-0.25, -0.2) is 0 Å². The molecule has 1 atom stereocenters. The molecule has 5 heteroatoms. The molecule has 0 fully saturated rings. The van der Waals surface area contributed by atoms with Crippen LogP contribution in [0.15, 0.2) is 53.3 Å². The highest BCUT2D eigenvalue weighted by molar-refractivity contribution is 5.86. The molecule has 2 aromatic heterocycles. The van der Waals surface area contributed by atoms with Crippen LogP contribution in [0.2, 0.25) is 0 Å². The van der Waals surface area contributed by atoms with E-state index in [1.54, 1.807) is 31.3 Å². The lowest BCUT2D eigenvalue weighted by Crippen LogP contribution is -2.28. The maximum atomic E-state index is 11.8. The number of carbonyl (C=O) groups is 1. The van der Waals surface area contributed by atoms with Gasteiger partial charge in [0.25, 0.3) is 0 Å². The lowest BCUT2D eigenvalue weighted by Gasteiger charge is -2.18. The second-order valence-corrected chi connectivity index (χ2v) is 4.95. The Balaban J connectivity index is 2.11. The van der Waals surface area contributed by atoms with Gasteiger partial charge in [-0.2, -0.15) is 0 Å². The van der Waals surface area contributed by atoms with Gasteiger partial charge in [-0.05, 0) is 18.2 Å². The first-order valence-corrected chi connectivity index (χ1v) is 7.10. The van der Waals surface area contributed by atoms with Gasteiger partial charge in [-0.3, -0.25) is 9.78 Å². The number of phenolic OH excluding ortho intramolecular Hbond substituents is 1. The van der Waals surface area contributed by atoms with Gasteiger partial charge in [0.2, 0.25) is 5.91 Å². The number of carbonyl (C=O) groups excluding carboxylic acids is 1. The zero-order valence-corrected chi connectivity index (χ0v) is 12.1. The molecule has 22 heavy (non-hydrogen) atoms. The third-order valence-electron chi connectivity index (χ3n) is 3.54. The van der Waals surface area contributed by atoms with Crippen molar-refractivity contribution in [1.82, 2.24) is 10.3 Å². The molecule has 2 N–H and O–H groups in total. The van der Waals surface area contributed by atoms with Gasteiger partial charge in [-0.15, -0.1) is 0 Å². The first-order valence-electron chi connectivity index (χ1n) is 7.10. The maximum Gasteiger partial charge on any atom is 0.220 e. The molecule has 1 amide bonds. The summed E-state index contributed by atoms with van der Waals surface area (Å²) < 4.78 is 5.42. The van der Waals surface area contributed by atoms with E-state index < -0.39 is 6.04 Å². The molecule has 0 unspecified atom stereocenters. The van der Waals surface area contributed by atoms with Crippen molar-refractivity contribution in [3.05, 3.63) is 60.2 Å². The number of rotatable bonds is 4. The van der Waals surface area contributed by atoms with E-state index in [2.05, 4.69) is 10.3 Å². The quantitative estimate of drug-likeness (QED) is 0.775. The minimum Gasteiger partial charge on any atom is -0.505 e. The molecule has 3 aromatic rings. The summed E-state index contributed by atoms with van der Waals surface area (Å²) in [5.74, 6) is 0.491. The number of phenols is 1. The van der Waals surface area contributed by atoms with Crippen LogP contribution in [-0.4, -0.2) is 16.0 Å². The summed E-state index contributed by atoms with van der Waals surface area (Å²) >= 11 is 0. The minimum absolute atomic E-state index is 0.0518. The van der Waals surface area contributed by atoms with Crippen molar-refractivity contribution < 1.29 is 14.3 Å². The van der Waals surface area contributed by atoms with Crippen LogP contribution in [0.1, 0.15) is 30.7 Å². The molecule has 2 heterocycles. The number of hydrogen-bond donors (Lipinski definition) is 2. The highest BCUT2D eigenvalue weighted by Gasteiger charge is 2.23. The van der Waals surface area contributed by atoms with Gasteiger partial charge < -0.3 is 14.8 Å². The fraction of sp³-hybridized carbons (Fsp3) is 0.176. The topological polar surface area (TPSA) is 75.4 Å². The Morgan fingerprint density at radius 3 is 2.91 bits per heavy atom. The summed E-state index contributed by atoms with van der Waals surface area (Å²) in [7, 11) is 0. The number of hydrogen-bond acceptors (Lipinski definition) is 4. The summed E-state index contributed by atoms with van der Waals surface area (Å²) in [5, 5.41) is 14.3. The van der Waals surface area contributed by atoms with Crippen molar-refractivity contribution in [3.8, 4) is 5.75 Å². The maximum absolute atomic E-state index is 11.8. The summed E-state index contributed by atoms with van der Waals surface area (Å²) in [5.41, 5.74) is 1.06. The molecular weight excluding hydrogens is 280 g/mol. The van der Waals surface area contributed by atoms with E-state index in [1.807, 2.05) is 18.2 Å². The van der Waals surface area contributed by atoms with E-state index in [0.29, 0.717) is 23.3 Å². The molecule has 3 rings (SSSR count). The van der Waals surface area contributed by atoms with Gasteiger partial charge in [-0.1, -0.05) is 25.1 Å². The Labute approximate surface area is 127 Å². The van der Waals surface area contributed by atoms with Crippen molar-refractivity contribution in [1.29, 1.82) is 0 Å². The molecule has 0 aliphatic heterocycles. The summed E-state index contributed by atoms with van der Waals surface area (Å²) in [4.78, 5) is 16.0. The first kappa shape index (κ1) is 14.1. The Morgan fingerprint density at radius 1 is 1.32 bits per heavy atom. The second kappa shape index (κ2) is 5.89. The van der Waals surface area contributed by atoms with E-state index in [0.717, 1.165) is 5.39 Å². The number of fused-ring (bicyclic) bond motifs is 1. The first-order chi connectivity index (χ1) is 10.7. The van der Waals surface area contributed by atoms with Gasteiger partial charge in [0.05, 0.1) is 6.26 Å². The van der Waals surface area contributed by atoms with Crippen LogP contribution >= 0.6 is 0 Å². The van der Waals surface area contributed by atoms with Crippen molar-refractivity contribution in [2.45, 2.75) is 19.4 Å². The molecular formula is C17H16N2O3. The van der Waals surface area contributed by atoms with E-state index >= 15 is 0 Å². The van der Waals surface area contributed by atoms with Gasteiger partial charge in [0.15, 0.2) is 0 Å². The molecule has 0 aliphatic carbocycles. The average Bonchev–Trinajstić information content (AvgIpc) is 3.08. The van der Waals surface area contributed by atoms with E-state index in [-0.39, 0.29) is 11.7 Å². The molecule has 0 aliphatic rings. The minimum atomic E-state index is -0.547. The van der Waals surface area contributed by atoms with Crippen LogP contribution in [0.4, 0.5) is 0 Å². The second-order valence-electron chi connectivity index (χ2n) is 4.95. The van der Waals surface area contributed by atoms with Gasteiger partial charge in [0, 0.05) is 23.6 Å². The Kier molecular flexibility index (Phi) is 3.78. The number of pyridine rings is 1. The predicted octanol–water partition coefficient (Wildman–Crippen LogP) is 3.15. The average molecular weight is 296 g/mol. The fourth-order valence-corrected chi connectivity index (χ4v) is 2.40. The number of amides is 1. The third kappa shape index (κ3) is 2.53. The molecule has 0 spiro atoms. The SMILES string of the molecule is CCC(=O)N[C@@H](c1ccco1)c1ccc2cccnc2c1O. The zero-order valence-electron chi connectivity index (χ0n) is 12.1. The largest absolute Gasteiger partial charge is 0.505 e. The summed E-state index contributed by atoms with van der Waals surface area (Å²) in [6, 6.07) is 10.3. The lowest BCUT2D eigenvalue weighted by molar-refractivity contribution is -0.121. The van der Waals surface area contributed by atoms with Gasteiger partial charge in [0.1, 0.15) is 23.1 Å². The van der Waals surface area contributed by atoms with Crippen molar-refractivity contribution in [2.24, 2.45) is 0 Å². The monoisotopic (exact) mass is 296 g/mol. The molecule has 5 nitrogen and oxygen atoms in total. The van der Waals surface area contributed by atoms with Crippen LogP contribution in [0.5, 0.6) is 5.75 Å². The number of benzene rings is 1. The number of nitrogens with zero attached hydrogens (tertiary/aromatic N) is 1. The molecule has 112 valence electrons. The molecule has 1 aromatic carbocycles. The highest BCUT2D eigenvalue weighted by Crippen LogP contribution is 2.34. The number of furan rings is 1. The van der Waals surface area contributed by atoms with Crippen molar-refractivity contribution in [2.75, 3.05) is 0 Å². The highest BCUT2D eigenvalue weighted by atomic mass is 16.3. The van der Waals surface area contributed by atoms with Crippen LogP contribution in [0, 0.1) is 0 Å². The lowest BCUT2D eigenvalue weighted by atomic mass is 10.0. The molecule has 0 saturated carbocycles. The predicted molar refractivity (Wildman–Crippen MR) is 82.4 cm³/mol. The number of nitrogens with one attached hydrogen (secondary N) is 1. The van der Waals surface area contributed by atoms with Crippen LogP contribution in [0.25, 0.3) is 10.9 Å². The van der Waals surface area contributed by atoms with Gasteiger partial charge >= 0.3 is 0 Å². The summed E-state index contributed by atoms with van der Waals surface area (Å²) in [6.07, 6.45) is 3.51. The Bertz CT molecular complexity index is 797. The standard InChI is InChI=1S/C17H16N2O3/c1-2-14(20)19-16(13-6-4-10-22-13)12-8-7-11-5-3-9-18-15(11)17(12)21/h3-10,16,21H,2H2,1H3,(H,19,20)/t16-/m1/s1. The molecule has 0 radical (unpaired) electrons. The Morgan fingerprint density at radius 2 is 2.18 bits per heavy atom. The van der Waals surface area contributed by atoms with Crippen LogP contribution in [-0.2, 0) is 4.79 Å². The normalized spacial score (nSPS) is 12.2. The molecule has 0 bridgehead atoms. The van der Waals surface area contributed by atoms with Crippen LogP contribution < -0.4 is 5.32 Å². The third-order valence-corrected chi connectivity index (χ3v) is 3.54. The molecule has 0 saturated heterocycles. The van der Waals surface area contributed by atoms with E-state index in [1.165, 1.54) is 6.26 Å². The number of aromatic nitrogens is 1. The smallest absolute Gasteiger partial charge is 0.220 e. The van der Waals surface area contributed by atoms with Crippen molar-refractivity contribution in [3.63, 3.8) is 0 Å². The summed E-state index contributed by atoms with van der Waals surface area (Å²) in [6.45, 7) is 1.77. The van der Waals surface area contributed by atoms with E-state index in [4.69, 9.17) is 4.42 Å². The zero-order chi connectivity index (χ0) is 15.5. The van der Waals surface area contributed by atoms with Crippen LogP contribution in [0.3, 0.4) is 0 Å². The van der Waals surface area contributed by atoms with E-state index in [9.17, 15) is 9.90 Å². The fourth-order valence-electron chi connectivity index (χ4n) is 2.40. The number of aromatic hydroxyl groups is 1. The van der Waals surface area contributed by atoms with Crippen molar-refractivity contribution >= 4 is 16.8 Å². The Hall–Kier alpha value is -2.82.